The molecule has 1 unspecified atom stereocenters. The van der Waals surface area contributed by atoms with E-state index in [4.69, 9.17) is 4.74 Å². The third kappa shape index (κ3) is 2.72. The summed E-state index contributed by atoms with van der Waals surface area (Å²) in [6.45, 7) is 1.86. The second-order valence-corrected chi connectivity index (χ2v) is 5.60. The van der Waals surface area contributed by atoms with Crippen LogP contribution in [0.1, 0.15) is 19.8 Å². The van der Waals surface area contributed by atoms with Gasteiger partial charge in [0.2, 0.25) is 0 Å². The number of allylic oxidation sites excluding steroid dienone is 1. The number of hydrogen-bond acceptors (Lipinski definition) is 4. The highest BCUT2D eigenvalue weighted by Gasteiger charge is 2.35. The first kappa shape index (κ1) is 16.4. The number of ether oxygens (including phenoxy) is 1. The third-order valence-electron chi connectivity index (χ3n) is 4.06. The van der Waals surface area contributed by atoms with Gasteiger partial charge in [-0.25, -0.2) is 18.0 Å². The summed E-state index contributed by atoms with van der Waals surface area (Å²) in [4.78, 5) is 25.0. The number of nitrogens with zero attached hydrogens (tertiary/aromatic N) is 2. The van der Waals surface area contributed by atoms with E-state index in [-0.39, 0.29) is 25.3 Å². The quantitative estimate of drug-likeness (QED) is 0.794. The molecule has 24 heavy (non-hydrogen) atoms. The standard InChI is InChI=1S/C16H15F3N2O3/c1-2-10-8-21(16(23)24-10)12-7-11(17)15(14(19)13(12)18)20-5-3-9(22)4-6-20/h3,5,7,10H,2,4,6,8H2,1H3. The molecule has 0 radical (unpaired) electrons. The number of rotatable bonds is 3. The third-order valence-corrected chi connectivity index (χ3v) is 4.06. The zero-order chi connectivity index (χ0) is 17.4. The number of hydrogen-bond donors (Lipinski definition) is 0. The van der Waals surface area contributed by atoms with Crippen LogP contribution in [0.15, 0.2) is 18.3 Å². The fourth-order valence-electron chi connectivity index (χ4n) is 2.71. The number of amides is 1. The molecule has 0 aromatic heterocycles. The average molecular weight is 340 g/mol. The number of anilines is 2. The number of carbonyl (C=O) groups is 2. The zero-order valence-electron chi connectivity index (χ0n) is 12.9. The van der Waals surface area contributed by atoms with Gasteiger partial charge < -0.3 is 9.64 Å². The van der Waals surface area contributed by atoms with E-state index in [1.807, 2.05) is 0 Å². The maximum Gasteiger partial charge on any atom is 0.414 e. The molecule has 0 bridgehead atoms. The largest absolute Gasteiger partial charge is 0.444 e. The lowest BCUT2D eigenvalue weighted by atomic mass is 10.1. The van der Waals surface area contributed by atoms with Crippen LogP contribution in [-0.2, 0) is 9.53 Å². The normalized spacial score (nSPS) is 20.8. The molecule has 2 heterocycles. The smallest absolute Gasteiger partial charge is 0.414 e. The fraction of sp³-hybridized carbons (Fsp3) is 0.375. The van der Waals surface area contributed by atoms with E-state index in [0.717, 1.165) is 15.9 Å². The fourth-order valence-corrected chi connectivity index (χ4v) is 2.71. The molecule has 1 atom stereocenters. The minimum Gasteiger partial charge on any atom is -0.444 e. The predicted octanol–water partition coefficient (Wildman–Crippen LogP) is 3.13. The van der Waals surface area contributed by atoms with Gasteiger partial charge in [-0.2, -0.15) is 0 Å². The van der Waals surface area contributed by atoms with E-state index < -0.39 is 41.0 Å². The van der Waals surface area contributed by atoms with Crippen molar-refractivity contribution in [2.75, 3.05) is 22.9 Å². The number of cyclic esters (lactones) is 1. The van der Waals surface area contributed by atoms with Gasteiger partial charge in [-0.15, -0.1) is 0 Å². The molecule has 0 spiro atoms. The molecule has 0 saturated carbocycles. The Morgan fingerprint density at radius 1 is 1.25 bits per heavy atom. The molecule has 1 fully saturated rings. The Hall–Kier alpha value is -2.51. The van der Waals surface area contributed by atoms with Gasteiger partial charge >= 0.3 is 6.09 Å². The number of ketones is 1. The van der Waals surface area contributed by atoms with Crippen LogP contribution < -0.4 is 9.80 Å². The number of benzene rings is 1. The maximum atomic E-state index is 14.4. The summed E-state index contributed by atoms with van der Waals surface area (Å²) in [5.74, 6) is -3.92. The van der Waals surface area contributed by atoms with Gasteiger partial charge in [0, 0.05) is 25.2 Å². The Kier molecular flexibility index (Phi) is 4.21. The monoisotopic (exact) mass is 340 g/mol. The molecule has 2 aliphatic rings. The van der Waals surface area contributed by atoms with Crippen LogP contribution in [0, 0.1) is 17.5 Å². The van der Waals surface area contributed by atoms with Crippen LogP contribution in [0.3, 0.4) is 0 Å². The van der Waals surface area contributed by atoms with Crippen molar-refractivity contribution in [1.29, 1.82) is 0 Å². The molecule has 3 rings (SSSR count). The lowest BCUT2D eigenvalue weighted by Crippen LogP contribution is -2.29. The van der Waals surface area contributed by atoms with Crippen LogP contribution in [0.4, 0.5) is 29.3 Å². The Labute approximate surface area is 136 Å². The Bertz CT molecular complexity index is 736. The Balaban J connectivity index is 1.99. The topological polar surface area (TPSA) is 49.9 Å². The summed E-state index contributed by atoms with van der Waals surface area (Å²) in [5.41, 5.74) is -1.08. The van der Waals surface area contributed by atoms with E-state index in [9.17, 15) is 22.8 Å². The number of carbonyl (C=O) groups excluding carboxylic acids is 2. The first-order valence-electron chi connectivity index (χ1n) is 7.55. The summed E-state index contributed by atoms with van der Waals surface area (Å²) in [5, 5.41) is 0. The summed E-state index contributed by atoms with van der Waals surface area (Å²) in [7, 11) is 0. The van der Waals surface area contributed by atoms with Gasteiger partial charge in [0.1, 0.15) is 11.8 Å². The van der Waals surface area contributed by atoms with Gasteiger partial charge in [0.25, 0.3) is 0 Å². The first-order chi connectivity index (χ1) is 11.4. The molecule has 1 saturated heterocycles. The molecule has 5 nitrogen and oxygen atoms in total. The summed E-state index contributed by atoms with van der Waals surface area (Å²) in [6, 6.07) is 0.775. The van der Waals surface area contributed by atoms with E-state index in [2.05, 4.69) is 0 Å². The highest BCUT2D eigenvalue weighted by molar-refractivity contribution is 5.92. The average Bonchev–Trinajstić information content (AvgIpc) is 2.93. The van der Waals surface area contributed by atoms with Crippen molar-refractivity contribution < 1.29 is 27.5 Å². The van der Waals surface area contributed by atoms with Crippen molar-refractivity contribution in [2.45, 2.75) is 25.9 Å². The summed E-state index contributed by atoms with van der Waals surface area (Å²) < 4.78 is 48.2. The molecular weight excluding hydrogens is 325 g/mol. The van der Waals surface area contributed by atoms with Gasteiger partial charge in [-0.1, -0.05) is 6.92 Å². The second kappa shape index (κ2) is 6.18. The highest BCUT2D eigenvalue weighted by Crippen LogP contribution is 2.35. The molecule has 1 aromatic rings. The summed E-state index contributed by atoms with van der Waals surface area (Å²) >= 11 is 0. The van der Waals surface area contributed by atoms with Gasteiger partial charge in [-0.3, -0.25) is 9.69 Å². The van der Waals surface area contributed by atoms with E-state index in [1.54, 1.807) is 6.92 Å². The van der Waals surface area contributed by atoms with Gasteiger partial charge in [0.15, 0.2) is 23.2 Å². The van der Waals surface area contributed by atoms with Crippen LogP contribution >= 0.6 is 0 Å². The Morgan fingerprint density at radius 2 is 2.00 bits per heavy atom. The van der Waals surface area contributed by atoms with E-state index in [1.165, 1.54) is 12.3 Å². The molecule has 128 valence electrons. The zero-order valence-corrected chi connectivity index (χ0v) is 12.9. The van der Waals surface area contributed by atoms with Crippen molar-refractivity contribution in [1.82, 2.24) is 0 Å². The molecule has 1 aromatic carbocycles. The van der Waals surface area contributed by atoms with Crippen molar-refractivity contribution >= 4 is 23.3 Å². The SMILES string of the molecule is CCC1CN(c2cc(F)c(N3C=CC(=O)CC3)c(F)c2F)C(=O)O1. The number of halogens is 3. The van der Waals surface area contributed by atoms with Gasteiger partial charge in [-0.05, 0) is 12.5 Å². The lowest BCUT2D eigenvalue weighted by molar-refractivity contribution is -0.114. The second-order valence-electron chi connectivity index (χ2n) is 5.60. The van der Waals surface area contributed by atoms with E-state index >= 15 is 0 Å². The van der Waals surface area contributed by atoms with Crippen LogP contribution in [0.5, 0.6) is 0 Å². The molecule has 1 amide bonds. The molecule has 2 aliphatic heterocycles. The van der Waals surface area contributed by atoms with Crippen LogP contribution in [0.2, 0.25) is 0 Å². The van der Waals surface area contributed by atoms with Crippen LogP contribution in [0.25, 0.3) is 0 Å². The predicted molar refractivity (Wildman–Crippen MR) is 80.3 cm³/mol. The Morgan fingerprint density at radius 3 is 2.58 bits per heavy atom. The van der Waals surface area contributed by atoms with Crippen molar-refractivity contribution in [3.05, 3.63) is 35.8 Å². The van der Waals surface area contributed by atoms with Crippen molar-refractivity contribution in [2.24, 2.45) is 0 Å². The molecular formula is C16H15F3N2O3. The molecule has 8 heteroatoms. The lowest BCUT2D eigenvalue weighted by Gasteiger charge is -2.25. The maximum absolute atomic E-state index is 14.4. The molecule has 0 N–H and O–H groups in total. The summed E-state index contributed by atoms with van der Waals surface area (Å²) in [6.07, 6.45) is 1.70. The van der Waals surface area contributed by atoms with E-state index in [0.29, 0.717) is 6.42 Å². The minimum atomic E-state index is -1.41. The van der Waals surface area contributed by atoms with Crippen molar-refractivity contribution in [3.8, 4) is 0 Å². The van der Waals surface area contributed by atoms with Crippen LogP contribution in [-0.4, -0.2) is 31.1 Å². The minimum absolute atomic E-state index is 0.0304. The highest BCUT2D eigenvalue weighted by atomic mass is 19.2. The van der Waals surface area contributed by atoms with Gasteiger partial charge in [0.05, 0.1) is 12.2 Å². The first-order valence-corrected chi connectivity index (χ1v) is 7.55. The molecule has 0 aliphatic carbocycles. The van der Waals surface area contributed by atoms with Crippen molar-refractivity contribution in [3.63, 3.8) is 0 Å².